The predicted octanol–water partition coefficient (Wildman–Crippen LogP) is 3.15. The third-order valence-corrected chi connectivity index (χ3v) is 6.63. The standard InChI is InChI=1S/C22H22BrN9O/c1-22(20(33)24-2)6-5-13(9-22)29-21-28-11-15-18(23)31-32(19(15)30-21)14-3-4-16(27-10-14)17-12-25-7-8-26-17/h3-4,7-8,10-13H,5-6,9H2,1-2H3,(H,24,33)(H,28,29,30)/t13-,22-/m1/s1. The Labute approximate surface area is 198 Å². The number of halogens is 1. The van der Waals surface area contributed by atoms with E-state index in [-0.39, 0.29) is 17.4 Å². The van der Waals surface area contributed by atoms with Crippen molar-refractivity contribution in [2.45, 2.75) is 32.2 Å². The van der Waals surface area contributed by atoms with Gasteiger partial charge in [-0.05, 0) is 47.3 Å². The summed E-state index contributed by atoms with van der Waals surface area (Å²) in [5.41, 5.74) is 2.46. The Morgan fingerprint density at radius 3 is 2.76 bits per heavy atom. The molecule has 1 aliphatic carbocycles. The number of carbonyl (C=O) groups is 1. The minimum absolute atomic E-state index is 0.0719. The second kappa shape index (κ2) is 8.47. The highest BCUT2D eigenvalue weighted by Gasteiger charge is 2.40. The van der Waals surface area contributed by atoms with Crippen molar-refractivity contribution in [1.29, 1.82) is 0 Å². The number of hydrogen-bond donors (Lipinski definition) is 2. The molecule has 1 aliphatic rings. The molecule has 5 rings (SSSR count). The molecule has 0 unspecified atom stereocenters. The van der Waals surface area contributed by atoms with Crippen LogP contribution in [0.2, 0.25) is 0 Å². The summed E-state index contributed by atoms with van der Waals surface area (Å²) in [7, 11) is 1.68. The average Bonchev–Trinajstić information content (AvgIpc) is 3.39. The zero-order valence-corrected chi connectivity index (χ0v) is 19.7. The fraction of sp³-hybridized carbons (Fsp3) is 0.318. The molecule has 2 N–H and O–H groups in total. The van der Waals surface area contributed by atoms with Crippen LogP contribution in [0.15, 0.2) is 47.7 Å². The maximum Gasteiger partial charge on any atom is 0.225 e. The lowest BCUT2D eigenvalue weighted by Gasteiger charge is -2.22. The molecule has 4 aromatic rings. The van der Waals surface area contributed by atoms with Crippen molar-refractivity contribution in [3.8, 4) is 17.1 Å². The van der Waals surface area contributed by atoms with Crippen molar-refractivity contribution < 1.29 is 4.79 Å². The first kappa shape index (κ1) is 21.4. The smallest absolute Gasteiger partial charge is 0.225 e. The van der Waals surface area contributed by atoms with Gasteiger partial charge in [-0.1, -0.05) is 6.92 Å². The van der Waals surface area contributed by atoms with E-state index in [1.165, 1.54) is 0 Å². The van der Waals surface area contributed by atoms with Crippen LogP contribution in [0, 0.1) is 5.41 Å². The van der Waals surface area contributed by atoms with E-state index in [0.29, 0.717) is 21.9 Å². The molecule has 4 heterocycles. The van der Waals surface area contributed by atoms with Gasteiger partial charge in [-0.15, -0.1) is 0 Å². The number of hydrogen-bond acceptors (Lipinski definition) is 8. The molecule has 0 aromatic carbocycles. The van der Waals surface area contributed by atoms with Gasteiger partial charge in [0.25, 0.3) is 0 Å². The van der Waals surface area contributed by atoms with Crippen LogP contribution in [0.4, 0.5) is 5.95 Å². The van der Waals surface area contributed by atoms with Crippen LogP contribution in [0.3, 0.4) is 0 Å². The summed E-state index contributed by atoms with van der Waals surface area (Å²) in [6, 6.07) is 3.91. The molecule has 0 spiro atoms. The average molecular weight is 508 g/mol. The van der Waals surface area contributed by atoms with E-state index in [4.69, 9.17) is 4.98 Å². The lowest BCUT2D eigenvalue weighted by Crippen LogP contribution is -2.35. The van der Waals surface area contributed by atoms with Crippen molar-refractivity contribution in [3.63, 3.8) is 0 Å². The number of nitrogens with zero attached hydrogens (tertiary/aromatic N) is 7. The first-order valence-corrected chi connectivity index (χ1v) is 11.4. The molecule has 0 radical (unpaired) electrons. The molecule has 4 aromatic heterocycles. The lowest BCUT2D eigenvalue weighted by molar-refractivity contribution is -0.129. The molecule has 1 saturated carbocycles. The summed E-state index contributed by atoms with van der Waals surface area (Å²) in [5, 5.41) is 11.5. The number of rotatable bonds is 5. The van der Waals surface area contributed by atoms with Crippen molar-refractivity contribution in [1.82, 2.24) is 40.0 Å². The quantitative estimate of drug-likeness (QED) is 0.422. The summed E-state index contributed by atoms with van der Waals surface area (Å²) < 4.78 is 2.37. The molecule has 0 bridgehead atoms. The van der Waals surface area contributed by atoms with Gasteiger partial charge in [0, 0.05) is 37.1 Å². The predicted molar refractivity (Wildman–Crippen MR) is 127 cm³/mol. The molecular formula is C22H22BrN9O. The van der Waals surface area contributed by atoms with Gasteiger partial charge in [0.15, 0.2) is 5.65 Å². The Bertz CT molecular complexity index is 1310. The van der Waals surface area contributed by atoms with Gasteiger partial charge in [-0.2, -0.15) is 10.1 Å². The SMILES string of the molecule is CNC(=O)[C@]1(C)CC[C@@H](Nc2ncc3c(Br)nn(-c4ccc(-c5cnccn5)nc4)c3n2)C1. The third-order valence-electron chi connectivity index (χ3n) is 6.05. The van der Waals surface area contributed by atoms with Gasteiger partial charge in [-0.25, -0.2) is 9.67 Å². The molecule has 1 fully saturated rings. The zero-order valence-electron chi connectivity index (χ0n) is 18.2. The van der Waals surface area contributed by atoms with Crippen LogP contribution in [0.25, 0.3) is 28.1 Å². The highest BCUT2D eigenvalue weighted by molar-refractivity contribution is 9.10. The number of nitrogens with one attached hydrogen (secondary N) is 2. The van der Waals surface area contributed by atoms with Crippen molar-refractivity contribution in [2.24, 2.45) is 5.41 Å². The van der Waals surface area contributed by atoms with E-state index in [0.717, 1.165) is 36.0 Å². The molecular weight excluding hydrogens is 486 g/mol. The molecule has 10 nitrogen and oxygen atoms in total. The first-order chi connectivity index (χ1) is 16.0. The highest BCUT2D eigenvalue weighted by Crippen LogP contribution is 2.39. The second-order valence-corrected chi connectivity index (χ2v) is 9.10. The second-order valence-electron chi connectivity index (χ2n) is 8.35. The van der Waals surface area contributed by atoms with Crippen LogP contribution in [-0.4, -0.2) is 53.7 Å². The Hall–Kier alpha value is -3.47. The maximum atomic E-state index is 12.2. The van der Waals surface area contributed by atoms with Crippen LogP contribution >= 0.6 is 15.9 Å². The Morgan fingerprint density at radius 1 is 1.15 bits per heavy atom. The van der Waals surface area contributed by atoms with E-state index in [9.17, 15) is 4.79 Å². The van der Waals surface area contributed by atoms with Gasteiger partial charge in [0.05, 0.1) is 29.2 Å². The number of anilines is 1. The normalized spacial score (nSPS) is 20.2. The van der Waals surface area contributed by atoms with Crippen molar-refractivity contribution >= 4 is 38.8 Å². The molecule has 0 aliphatic heterocycles. The topological polar surface area (TPSA) is 123 Å². The molecule has 33 heavy (non-hydrogen) atoms. The summed E-state index contributed by atoms with van der Waals surface area (Å²) in [4.78, 5) is 34.3. The largest absolute Gasteiger partial charge is 0.359 e. The maximum absolute atomic E-state index is 12.2. The minimum atomic E-state index is -0.377. The number of fused-ring (bicyclic) bond motifs is 1. The molecule has 2 atom stereocenters. The van der Waals surface area contributed by atoms with Gasteiger partial charge in [-0.3, -0.25) is 19.7 Å². The number of pyridine rings is 1. The van der Waals surface area contributed by atoms with Crippen molar-refractivity contribution in [3.05, 3.63) is 47.7 Å². The number of aromatic nitrogens is 7. The van der Waals surface area contributed by atoms with Crippen LogP contribution < -0.4 is 10.6 Å². The first-order valence-electron chi connectivity index (χ1n) is 10.6. The molecule has 1 amide bonds. The van der Waals surface area contributed by atoms with Crippen LogP contribution in [-0.2, 0) is 4.79 Å². The van der Waals surface area contributed by atoms with E-state index in [1.54, 1.807) is 42.7 Å². The van der Waals surface area contributed by atoms with Gasteiger partial charge < -0.3 is 10.6 Å². The van der Waals surface area contributed by atoms with Gasteiger partial charge >= 0.3 is 0 Å². The minimum Gasteiger partial charge on any atom is -0.359 e. The summed E-state index contributed by atoms with van der Waals surface area (Å²) in [6.45, 7) is 2.00. The monoisotopic (exact) mass is 507 g/mol. The van der Waals surface area contributed by atoms with Crippen LogP contribution in [0.5, 0.6) is 0 Å². The number of carbonyl (C=O) groups excluding carboxylic acids is 1. The molecule has 168 valence electrons. The summed E-state index contributed by atoms with van der Waals surface area (Å²) >= 11 is 3.50. The fourth-order valence-corrected chi connectivity index (χ4v) is 4.71. The van der Waals surface area contributed by atoms with E-state index >= 15 is 0 Å². The fourth-order valence-electron chi connectivity index (χ4n) is 4.27. The third kappa shape index (κ3) is 4.04. The summed E-state index contributed by atoms with van der Waals surface area (Å²) in [6.07, 6.45) is 10.8. The number of amides is 1. The zero-order chi connectivity index (χ0) is 23.0. The Morgan fingerprint density at radius 2 is 2.03 bits per heavy atom. The Kier molecular flexibility index (Phi) is 5.49. The van der Waals surface area contributed by atoms with E-state index < -0.39 is 0 Å². The van der Waals surface area contributed by atoms with Gasteiger partial charge in [0.1, 0.15) is 10.3 Å². The molecule has 11 heteroatoms. The lowest BCUT2D eigenvalue weighted by atomic mass is 9.87. The van der Waals surface area contributed by atoms with Crippen LogP contribution in [0.1, 0.15) is 26.2 Å². The van der Waals surface area contributed by atoms with E-state index in [2.05, 4.69) is 51.6 Å². The Balaban J connectivity index is 1.42. The van der Waals surface area contributed by atoms with Gasteiger partial charge in [0.2, 0.25) is 11.9 Å². The van der Waals surface area contributed by atoms with Crippen molar-refractivity contribution in [2.75, 3.05) is 12.4 Å². The summed E-state index contributed by atoms with van der Waals surface area (Å²) in [5.74, 6) is 0.578. The highest BCUT2D eigenvalue weighted by atomic mass is 79.9. The molecule has 0 saturated heterocycles. The van der Waals surface area contributed by atoms with E-state index in [1.807, 2.05) is 19.1 Å².